The molecule has 10 nitrogen and oxygen atoms in total. The van der Waals surface area contributed by atoms with E-state index in [4.69, 9.17) is 11.5 Å². The number of amides is 1. The second-order valence-electron chi connectivity index (χ2n) is 5.45. The van der Waals surface area contributed by atoms with Crippen LogP contribution in [0.5, 0.6) is 0 Å². The maximum absolute atomic E-state index is 12.4. The quantitative estimate of drug-likeness (QED) is 0.244. The van der Waals surface area contributed by atoms with E-state index in [0.717, 1.165) is 34.5 Å². The third kappa shape index (κ3) is 3.72. The largest absolute Gasteiger partial charge is 0.491 e. The second-order valence-corrected chi connectivity index (χ2v) is 7.67. The second kappa shape index (κ2) is 7.14. The van der Waals surface area contributed by atoms with E-state index < -0.39 is 46.7 Å². The molecule has 0 aliphatic carbocycles. The van der Waals surface area contributed by atoms with Crippen molar-refractivity contribution in [3.8, 4) is 0 Å². The van der Waals surface area contributed by atoms with E-state index in [1.165, 1.54) is 0 Å². The Bertz CT molecular complexity index is 963. The van der Waals surface area contributed by atoms with Crippen molar-refractivity contribution in [2.45, 2.75) is 22.6 Å². The van der Waals surface area contributed by atoms with Gasteiger partial charge in [-0.25, -0.2) is 14.6 Å². The number of nitrogens with one attached hydrogen (secondary N) is 1. The Kier molecular flexibility index (Phi) is 5.16. The number of carbonyl (C=O) groups excluding carboxylic acids is 3. The molecule has 3 heterocycles. The van der Waals surface area contributed by atoms with Crippen LogP contribution in [0.4, 0.5) is 19.1 Å². The number of esters is 2. The number of anilines is 1. The number of ether oxygens (including phenoxy) is 1. The summed E-state index contributed by atoms with van der Waals surface area (Å²) in [6, 6.07) is 0.0872. The molecule has 0 unspecified atom stereocenters. The van der Waals surface area contributed by atoms with Crippen LogP contribution in [0.25, 0.3) is 0 Å². The number of halogens is 3. The summed E-state index contributed by atoms with van der Waals surface area (Å²) in [6.45, 7) is 0. The fourth-order valence-electron chi connectivity index (χ4n) is 2.38. The fourth-order valence-corrected chi connectivity index (χ4v) is 4.80. The lowest BCUT2D eigenvalue weighted by Crippen LogP contribution is -2.68. The first-order valence-corrected chi connectivity index (χ1v) is 9.17. The molecule has 150 valence electrons. The van der Waals surface area contributed by atoms with Crippen molar-refractivity contribution in [3.63, 3.8) is 0 Å². The number of H-pyrrole nitrogens is 1. The summed E-state index contributed by atoms with van der Waals surface area (Å²) in [5.41, 5.74) is 9.90. The number of nitrogen functional groups attached to an aromatic ring is 1. The lowest BCUT2D eigenvalue weighted by Gasteiger charge is -2.47. The molecule has 0 radical (unpaired) electrons. The van der Waals surface area contributed by atoms with Gasteiger partial charge in [0.15, 0.2) is 0 Å². The van der Waals surface area contributed by atoms with Crippen molar-refractivity contribution in [1.82, 2.24) is 14.9 Å². The number of thioether (sulfide) groups is 2. The number of alkyl halides is 3. The van der Waals surface area contributed by atoms with E-state index in [-0.39, 0.29) is 21.6 Å². The average molecular weight is 437 g/mol. The number of hydrogen-bond acceptors (Lipinski definition) is 10. The van der Waals surface area contributed by atoms with E-state index in [2.05, 4.69) is 14.7 Å². The maximum Gasteiger partial charge on any atom is 0.491 e. The van der Waals surface area contributed by atoms with Gasteiger partial charge in [-0.3, -0.25) is 19.5 Å². The van der Waals surface area contributed by atoms with Gasteiger partial charge in [0.25, 0.3) is 5.56 Å². The number of aromatic nitrogens is 2. The Morgan fingerprint density at radius 1 is 1.39 bits per heavy atom. The third-order valence-corrected chi connectivity index (χ3v) is 6.03. The van der Waals surface area contributed by atoms with Gasteiger partial charge in [0, 0.05) is 16.7 Å². The first kappa shape index (κ1) is 20.2. The topological polar surface area (TPSA) is 161 Å². The molecule has 0 saturated carbocycles. The van der Waals surface area contributed by atoms with E-state index in [9.17, 15) is 32.3 Å². The summed E-state index contributed by atoms with van der Waals surface area (Å²) < 4.78 is 41.1. The average Bonchev–Trinajstić information content (AvgIpc) is 2.58. The number of nitrogens with zero attached hydrogens (tertiary/aromatic N) is 2. The number of carbonyl (C=O) groups is 3. The zero-order chi connectivity index (χ0) is 20.8. The zero-order valence-electron chi connectivity index (χ0n) is 13.5. The van der Waals surface area contributed by atoms with Crippen LogP contribution in [0.2, 0.25) is 0 Å². The van der Waals surface area contributed by atoms with E-state index in [1.807, 2.05) is 0 Å². The van der Waals surface area contributed by atoms with Crippen molar-refractivity contribution >= 4 is 47.3 Å². The van der Waals surface area contributed by atoms with Gasteiger partial charge in [0.1, 0.15) is 22.1 Å². The SMILES string of the molecule is Nc1nc(SC2=C(C(=O)OC(=O)C(F)(F)F)N3C(=O)[C@@H](N)[C@H]3SC2)cc(=O)[nH]1. The Morgan fingerprint density at radius 3 is 2.68 bits per heavy atom. The van der Waals surface area contributed by atoms with Crippen LogP contribution in [0.15, 0.2) is 26.5 Å². The Morgan fingerprint density at radius 2 is 2.07 bits per heavy atom. The summed E-state index contributed by atoms with van der Waals surface area (Å²) in [5, 5.41) is -0.669. The van der Waals surface area contributed by atoms with Gasteiger partial charge in [-0.1, -0.05) is 11.8 Å². The van der Waals surface area contributed by atoms with Crippen LogP contribution in [0, 0.1) is 0 Å². The van der Waals surface area contributed by atoms with Crippen LogP contribution in [-0.4, -0.2) is 56.1 Å². The van der Waals surface area contributed by atoms with Gasteiger partial charge >= 0.3 is 18.1 Å². The molecule has 5 N–H and O–H groups in total. The smallest absolute Gasteiger partial charge is 0.382 e. The monoisotopic (exact) mass is 437 g/mol. The lowest BCUT2D eigenvalue weighted by molar-refractivity contribution is -0.201. The van der Waals surface area contributed by atoms with Crippen molar-refractivity contribution in [1.29, 1.82) is 0 Å². The standard InChI is InChI=1S/C13H10F3N5O5S2/c14-13(15,16)11(25)26-10(24)7-3(2-27-9-6(17)8(23)21(7)9)28-5-1-4(22)19-12(18)20-5/h1,6,9H,2,17H2,(H3,18,19,20,22)/t6-,9-/m1/s1. The molecule has 3 rings (SSSR count). The van der Waals surface area contributed by atoms with Crippen molar-refractivity contribution < 1.29 is 32.3 Å². The predicted molar refractivity (Wildman–Crippen MR) is 90.4 cm³/mol. The number of hydrogen-bond donors (Lipinski definition) is 3. The first-order valence-electron chi connectivity index (χ1n) is 7.30. The Hall–Kier alpha value is -2.52. The highest BCUT2D eigenvalue weighted by Crippen LogP contribution is 2.44. The summed E-state index contributed by atoms with van der Waals surface area (Å²) in [4.78, 5) is 53.8. The lowest BCUT2D eigenvalue weighted by atomic mass is 10.1. The molecule has 1 saturated heterocycles. The number of β-lactam (4-membered cyclic amide) rings is 1. The predicted octanol–water partition coefficient (Wildman–Crippen LogP) is -0.470. The van der Waals surface area contributed by atoms with Gasteiger partial charge in [0.05, 0.1) is 0 Å². The van der Waals surface area contributed by atoms with Crippen LogP contribution < -0.4 is 17.0 Å². The highest BCUT2D eigenvalue weighted by atomic mass is 32.2. The molecule has 0 aromatic carbocycles. The normalized spacial score (nSPS) is 21.9. The highest BCUT2D eigenvalue weighted by Gasteiger charge is 2.53. The highest BCUT2D eigenvalue weighted by molar-refractivity contribution is 8.06. The molecule has 15 heteroatoms. The van der Waals surface area contributed by atoms with Crippen LogP contribution >= 0.6 is 23.5 Å². The minimum absolute atomic E-state index is 0.0278. The zero-order valence-corrected chi connectivity index (χ0v) is 15.1. The Labute approximate surface area is 161 Å². The Balaban J connectivity index is 1.98. The molecule has 0 bridgehead atoms. The molecule has 1 fully saturated rings. The van der Waals surface area contributed by atoms with Crippen molar-refractivity contribution in [3.05, 3.63) is 27.0 Å². The molecule has 0 spiro atoms. The van der Waals surface area contributed by atoms with Gasteiger partial charge in [0.2, 0.25) is 11.9 Å². The third-order valence-electron chi connectivity index (χ3n) is 3.55. The number of aromatic amines is 1. The van der Waals surface area contributed by atoms with E-state index in [0.29, 0.717) is 0 Å². The number of nitrogens with two attached hydrogens (primary N) is 2. The molecule has 2 atom stereocenters. The molecule has 28 heavy (non-hydrogen) atoms. The molecule has 2 aliphatic rings. The molecular weight excluding hydrogens is 427 g/mol. The number of fused-ring (bicyclic) bond motifs is 1. The summed E-state index contributed by atoms with van der Waals surface area (Å²) in [6.07, 6.45) is -5.40. The van der Waals surface area contributed by atoms with E-state index in [1.54, 1.807) is 0 Å². The van der Waals surface area contributed by atoms with Crippen LogP contribution in [0.3, 0.4) is 0 Å². The molecule has 1 aromatic heterocycles. The van der Waals surface area contributed by atoms with Gasteiger partial charge in [-0.05, 0) is 0 Å². The van der Waals surface area contributed by atoms with Crippen molar-refractivity contribution in [2.75, 3.05) is 11.5 Å². The van der Waals surface area contributed by atoms with Gasteiger partial charge in [-0.2, -0.15) is 13.2 Å². The van der Waals surface area contributed by atoms with Crippen molar-refractivity contribution in [2.24, 2.45) is 5.73 Å². The number of rotatable bonds is 3. The summed E-state index contributed by atoms with van der Waals surface area (Å²) in [7, 11) is 0. The molecule has 1 aromatic rings. The maximum atomic E-state index is 12.4. The molecular formula is C13H10F3N5O5S2. The molecule has 2 aliphatic heterocycles. The summed E-state index contributed by atoms with van der Waals surface area (Å²) >= 11 is 1.87. The minimum atomic E-state index is -5.40. The van der Waals surface area contributed by atoms with Gasteiger partial charge < -0.3 is 16.2 Å². The minimum Gasteiger partial charge on any atom is -0.382 e. The fraction of sp³-hybridized carbons (Fsp3) is 0.308. The van der Waals surface area contributed by atoms with Crippen LogP contribution in [0.1, 0.15) is 0 Å². The first-order chi connectivity index (χ1) is 13.0. The molecule has 1 amide bonds. The van der Waals surface area contributed by atoms with Gasteiger partial charge in [-0.15, -0.1) is 11.8 Å². The van der Waals surface area contributed by atoms with Crippen LogP contribution in [-0.2, 0) is 19.1 Å². The summed E-state index contributed by atoms with van der Waals surface area (Å²) in [5.74, 6) is -5.28. The van der Waals surface area contributed by atoms with E-state index >= 15 is 0 Å².